The van der Waals surface area contributed by atoms with Gasteiger partial charge in [-0.3, -0.25) is 0 Å². The quantitative estimate of drug-likeness (QED) is 0.532. The first-order chi connectivity index (χ1) is 7.27. The van der Waals surface area contributed by atoms with Gasteiger partial charge in [0.25, 0.3) is 0 Å². The zero-order valence-corrected chi connectivity index (χ0v) is 10.7. The smallest absolute Gasteiger partial charge is 0.0593 e. The molecule has 0 aromatic rings. The van der Waals surface area contributed by atoms with Crippen LogP contribution in [0.2, 0.25) is 0 Å². The van der Waals surface area contributed by atoms with Crippen molar-refractivity contribution < 1.29 is 4.74 Å². The fourth-order valence-electron chi connectivity index (χ4n) is 1.30. The van der Waals surface area contributed by atoms with Crippen LogP contribution < -0.4 is 5.32 Å². The Morgan fingerprint density at radius 2 is 1.80 bits per heavy atom. The summed E-state index contributed by atoms with van der Waals surface area (Å²) in [7, 11) is 4.13. The molecule has 1 N–H and O–H groups in total. The van der Waals surface area contributed by atoms with E-state index in [1.165, 1.54) is 25.7 Å². The summed E-state index contributed by atoms with van der Waals surface area (Å²) in [4.78, 5) is 2.14. The van der Waals surface area contributed by atoms with Gasteiger partial charge in [0.15, 0.2) is 0 Å². The molecule has 0 saturated heterocycles. The zero-order valence-electron chi connectivity index (χ0n) is 10.7. The van der Waals surface area contributed by atoms with Gasteiger partial charge in [-0.25, -0.2) is 0 Å². The predicted molar refractivity (Wildman–Crippen MR) is 66.4 cm³/mol. The molecule has 0 radical (unpaired) electrons. The maximum absolute atomic E-state index is 5.47. The zero-order chi connectivity index (χ0) is 11.4. The van der Waals surface area contributed by atoms with Crippen molar-refractivity contribution in [1.29, 1.82) is 0 Å². The van der Waals surface area contributed by atoms with Crippen LogP contribution in [0.3, 0.4) is 0 Å². The van der Waals surface area contributed by atoms with Gasteiger partial charge in [-0.05, 0) is 27.1 Å². The number of nitrogens with zero attached hydrogens (tertiary/aromatic N) is 1. The lowest BCUT2D eigenvalue weighted by molar-refractivity contribution is 0.119. The van der Waals surface area contributed by atoms with E-state index in [1.807, 2.05) is 0 Å². The van der Waals surface area contributed by atoms with Crippen LogP contribution in [-0.4, -0.2) is 51.8 Å². The molecule has 0 aliphatic rings. The molecule has 0 bridgehead atoms. The van der Waals surface area contributed by atoms with E-state index in [-0.39, 0.29) is 0 Å². The summed E-state index contributed by atoms with van der Waals surface area (Å²) in [6, 6.07) is 0. The van der Waals surface area contributed by atoms with Crippen LogP contribution in [0.15, 0.2) is 0 Å². The molecule has 0 amide bonds. The lowest BCUT2D eigenvalue weighted by atomic mass is 10.2. The van der Waals surface area contributed by atoms with Crippen LogP contribution in [0.1, 0.15) is 32.6 Å². The third-order valence-corrected chi connectivity index (χ3v) is 2.31. The Morgan fingerprint density at radius 3 is 2.47 bits per heavy atom. The lowest BCUT2D eigenvalue weighted by Gasteiger charge is -2.10. The van der Waals surface area contributed by atoms with Gasteiger partial charge in [0.05, 0.1) is 13.2 Å². The minimum absolute atomic E-state index is 0.835. The number of unbranched alkanes of at least 4 members (excludes halogenated alkanes) is 3. The summed E-state index contributed by atoms with van der Waals surface area (Å²) >= 11 is 0. The van der Waals surface area contributed by atoms with E-state index in [4.69, 9.17) is 4.74 Å². The van der Waals surface area contributed by atoms with Gasteiger partial charge in [0.2, 0.25) is 0 Å². The van der Waals surface area contributed by atoms with Crippen LogP contribution in [0, 0.1) is 0 Å². The van der Waals surface area contributed by atoms with Crippen molar-refractivity contribution in [3.8, 4) is 0 Å². The van der Waals surface area contributed by atoms with E-state index in [2.05, 4.69) is 31.2 Å². The Bertz CT molecular complexity index is 118. The van der Waals surface area contributed by atoms with E-state index in [0.717, 1.165) is 32.8 Å². The number of rotatable bonds is 11. The van der Waals surface area contributed by atoms with E-state index < -0.39 is 0 Å². The second-order valence-corrected chi connectivity index (χ2v) is 4.23. The molecule has 0 rings (SSSR count). The van der Waals surface area contributed by atoms with Crippen molar-refractivity contribution in [2.75, 3.05) is 46.9 Å². The average Bonchev–Trinajstić information content (AvgIpc) is 2.20. The summed E-state index contributed by atoms with van der Waals surface area (Å²) in [6.45, 7) is 7.05. The van der Waals surface area contributed by atoms with Crippen LogP contribution in [-0.2, 0) is 4.74 Å². The molecular formula is C12H28N2O. The van der Waals surface area contributed by atoms with Crippen molar-refractivity contribution in [3.63, 3.8) is 0 Å². The van der Waals surface area contributed by atoms with Crippen molar-refractivity contribution in [3.05, 3.63) is 0 Å². The molecule has 0 unspecified atom stereocenters. The van der Waals surface area contributed by atoms with E-state index >= 15 is 0 Å². The minimum Gasteiger partial charge on any atom is -0.379 e. The van der Waals surface area contributed by atoms with Gasteiger partial charge in [-0.1, -0.05) is 26.2 Å². The molecule has 15 heavy (non-hydrogen) atoms. The first-order valence-electron chi connectivity index (χ1n) is 6.20. The Morgan fingerprint density at radius 1 is 1.00 bits per heavy atom. The van der Waals surface area contributed by atoms with Crippen molar-refractivity contribution >= 4 is 0 Å². The van der Waals surface area contributed by atoms with E-state index in [1.54, 1.807) is 0 Å². The summed E-state index contributed by atoms with van der Waals surface area (Å²) in [5.41, 5.74) is 0. The number of nitrogens with one attached hydrogen (secondary N) is 1. The highest BCUT2D eigenvalue weighted by Crippen LogP contribution is 1.96. The molecular weight excluding hydrogens is 188 g/mol. The minimum atomic E-state index is 0.835. The van der Waals surface area contributed by atoms with Crippen molar-refractivity contribution in [2.45, 2.75) is 32.6 Å². The lowest BCUT2D eigenvalue weighted by Crippen LogP contribution is -2.23. The summed E-state index contributed by atoms with van der Waals surface area (Å²) in [5.74, 6) is 0. The molecule has 0 spiro atoms. The topological polar surface area (TPSA) is 24.5 Å². The third-order valence-electron chi connectivity index (χ3n) is 2.31. The number of hydrogen-bond acceptors (Lipinski definition) is 3. The second-order valence-electron chi connectivity index (χ2n) is 4.23. The second kappa shape index (κ2) is 12.0. The van der Waals surface area contributed by atoms with Gasteiger partial charge >= 0.3 is 0 Å². The van der Waals surface area contributed by atoms with Crippen molar-refractivity contribution in [1.82, 2.24) is 10.2 Å². The predicted octanol–water partition coefficient (Wildman–Crippen LogP) is 1.73. The monoisotopic (exact) mass is 216 g/mol. The molecule has 0 heterocycles. The Hall–Kier alpha value is -0.120. The molecule has 0 saturated carbocycles. The van der Waals surface area contributed by atoms with E-state index in [0.29, 0.717) is 0 Å². The number of ether oxygens (including phenoxy) is 1. The van der Waals surface area contributed by atoms with Gasteiger partial charge in [-0.15, -0.1) is 0 Å². The van der Waals surface area contributed by atoms with Crippen LogP contribution in [0.4, 0.5) is 0 Å². The molecule has 0 aromatic heterocycles. The first-order valence-corrected chi connectivity index (χ1v) is 6.20. The summed E-state index contributed by atoms with van der Waals surface area (Å²) in [5, 5.41) is 3.39. The molecule has 92 valence electrons. The maximum Gasteiger partial charge on any atom is 0.0593 e. The molecule has 3 nitrogen and oxygen atoms in total. The Balaban J connectivity index is 2.87. The highest BCUT2D eigenvalue weighted by Gasteiger charge is 1.91. The van der Waals surface area contributed by atoms with Gasteiger partial charge in [0.1, 0.15) is 0 Å². The summed E-state index contributed by atoms with van der Waals surface area (Å²) < 4.78 is 5.47. The molecule has 0 fully saturated rings. The molecule has 0 aliphatic carbocycles. The summed E-state index contributed by atoms with van der Waals surface area (Å²) in [6.07, 6.45) is 5.32. The largest absolute Gasteiger partial charge is 0.379 e. The van der Waals surface area contributed by atoms with Gasteiger partial charge in [-0.2, -0.15) is 0 Å². The van der Waals surface area contributed by atoms with Crippen molar-refractivity contribution in [2.24, 2.45) is 0 Å². The number of hydrogen-bond donors (Lipinski definition) is 1. The highest BCUT2D eigenvalue weighted by molar-refractivity contribution is 4.48. The fourth-order valence-corrected chi connectivity index (χ4v) is 1.30. The van der Waals surface area contributed by atoms with E-state index in [9.17, 15) is 0 Å². The molecule has 0 aliphatic heterocycles. The van der Waals surface area contributed by atoms with Crippen LogP contribution >= 0.6 is 0 Å². The normalized spacial score (nSPS) is 11.2. The average molecular weight is 216 g/mol. The fraction of sp³-hybridized carbons (Fsp3) is 1.00. The first kappa shape index (κ1) is 14.9. The van der Waals surface area contributed by atoms with Crippen LogP contribution in [0.25, 0.3) is 0 Å². The Labute approximate surface area is 95.2 Å². The SMILES string of the molecule is CCCCCCNCCOCCN(C)C. The molecule has 0 aromatic carbocycles. The number of likely N-dealkylation sites (N-methyl/N-ethyl adjacent to an activating group) is 1. The highest BCUT2D eigenvalue weighted by atomic mass is 16.5. The van der Waals surface area contributed by atoms with Crippen LogP contribution in [0.5, 0.6) is 0 Å². The maximum atomic E-state index is 5.47. The Kier molecular flexibility index (Phi) is 11.9. The van der Waals surface area contributed by atoms with Gasteiger partial charge in [0, 0.05) is 13.1 Å². The standard InChI is InChI=1S/C12H28N2O/c1-4-5-6-7-8-13-9-11-15-12-10-14(2)3/h13H,4-12H2,1-3H3. The van der Waals surface area contributed by atoms with Gasteiger partial charge < -0.3 is 15.0 Å². The molecule has 3 heteroatoms. The third kappa shape index (κ3) is 13.9. The molecule has 0 atom stereocenters.